The number of carbonyl (C=O) groups is 2. The van der Waals surface area contributed by atoms with E-state index >= 15 is 0 Å². The fraction of sp³-hybridized carbons (Fsp3) is 0.381. The Hall–Kier alpha value is -2.73. The van der Waals surface area contributed by atoms with Gasteiger partial charge in [-0.15, -0.1) is 0 Å². The highest BCUT2D eigenvalue weighted by atomic mass is 16.2. The summed E-state index contributed by atoms with van der Waals surface area (Å²) in [5, 5.41) is 0. The molecule has 1 saturated heterocycles. The van der Waals surface area contributed by atoms with E-state index in [1.165, 1.54) is 5.56 Å². The second kappa shape index (κ2) is 7.12. The zero-order valence-corrected chi connectivity index (χ0v) is 15.8. The van der Waals surface area contributed by atoms with Crippen LogP contribution < -0.4 is 4.90 Å². The van der Waals surface area contributed by atoms with Gasteiger partial charge in [0.1, 0.15) is 11.4 Å². The number of pyridine rings is 1. The van der Waals surface area contributed by atoms with E-state index < -0.39 is 0 Å². The van der Waals surface area contributed by atoms with Crippen LogP contribution in [0, 0.1) is 0 Å². The number of hydrogen-bond acceptors (Lipinski definition) is 4. The first-order valence-electron chi connectivity index (χ1n) is 9.41. The molecule has 4 rings (SSSR count). The third-order valence-corrected chi connectivity index (χ3v) is 5.40. The SMILES string of the molecule is CC1Cc2ccccc2N1C(=O)c1cccc(C(=O)N2CCN(C)CC2)n1. The number of aromatic nitrogens is 1. The first kappa shape index (κ1) is 17.7. The van der Waals surface area contributed by atoms with Gasteiger partial charge in [0, 0.05) is 37.9 Å². The molecule has 0 aliphatic carbocycles. The van der Waals surface area contributed by atoms with Gasteiger partial charge >= 0.3 is 0 Å². The summed E-state index contributed by atoms with van der Waals surface area (Å²) in [4.78, 5) is 36.2. The molecule has 0 radical (unpaired) electrons. The molecule has 3 heterocycles. The highest BCUT2D eigenvalue weighted by Crippen LogP contribution is 2.32. The Morgan fingerprint density at radius 2 is 1.59 bits per heavy atom. The van der Waals surface area contributed by atoms with E-state index in [1.807, 2.05) is 30.0 Å². The van der Waals surface area contributed by atoms with Crippen molar-refractivity contribution >= 4 is 17.5 Å². The Balaban J connectivity index is 1.57. The summed E-state index contributed by atoms with van der Waals surface area (Å²) in [5.41, 5.74) is 2.76. The number of piperazine rings is 1. The molecule has 0 saturated carbocycles. The summed E-state index contributed by atoms with van der Waals surface area (Å²) < 4.78 is 0. The standard InChI is InChI=1S/C21H24N4O2/c1-15-14-16-6-3-4-9-19(16)25(15)21(27)18-8-5-7-17(22-18)20(26)24-12-10-23(2)11-13-24/h3-9,15H,10-14H2,1-2H3. The molecule has 6 heteroatoms. The van der Waals surface area contributed by atoms with Crippen molar-refractivity contribution in [1.82, 2.24) is 14.8 Å². The van der Waals surface area contributed by atoms with Gasteiger partial charge in [-0.05, 0) is 44.2 Å². The molecule has 140 valence electrons. The molecule has 0 N–H and O–H groups in total. The Morgan fingerprint density at radius 3 is 2.33 bits per heavy atom. The number of hydrogen-bond donors (Lipinski definition) is 0. The minimum Gasteiger partial charge on any atom is -0.335 e. The number of rotatable bonds is 2. The molecule has 0 bridgehead atoms. The smallest absolute Gasteiger partial charge is 0.277 e. The van der Waals surface area contributed by atoms with Crippen molar-refractivity contribution in [2.45, 2.75) is 19.4 Å². The van der Waals surface area contributed by atoms with E-state index in [9.17, 15) is 9.59 Å². The highest BCUT2D eigenvalue weighted by Gasteiger charge is 2.32. The van der Waals surface area contributed by atoms with E-state index in [-0.39, 0.29) is 17.9 Å². The van der Waals surface area contributed by atoms with E-state index in [1.54, 1.807) is 23.1 Å². The summed E-state index contributed by atoms with van der Waals surface area (Å²) in [6.07, 6.45) is 0.835. The number of carbonyl (C=O) groups excluding carboxylic acids is 2. The molecule has 27 heavy (non-hydrogen) atoms. The predicted octanol–water partition coefficient (Wildman–Crippen LogP) is 2.06. The van der Waals surface area contributed by atoms with Crippen LogP contribution in [0.15, 0.2) is 42.5 Å². The summed E-state index contributed by atoms with van der Waals surface area (Å²) in [7, 11) is 2.05. The summed E-state index contributed by atoms with van der Waals surface area (Å²) in [6, 6.07) is 13.2. The third-order valence-electron chi connectivity index (χ3n) is 5.40. The number of nitrogens with zero attached hydrogens (tertiary/aromatic N) is 4. The molecule has 6 nitrogen and oxygen atoms in total. The van der Waals surface area contributed by atoms with Crippen molar-refractivity contribution in [3.05, 3.63) is 59.4 Å². The molecule has 1 aromatic heterocycles. The normalized spacial score (nSPS) is 19.9. The molecule has 1 atom stereocenters. The first-order valence-corrected chi connectivity index (χ1v) is 9.41. The molecular weight excluding hydrogens is 340 g/mol. The molecule has 1 fully saturated rings. The lowest BCUT2D eigenvalue weighted by Crippen LogP contribution is -2.47. The fourth-order valence-corrected chi connectivity index (χ4v) is 3.84. The monoisotopic (exact) mass is 364 g/mol. The quantitative estimate of drug-likeness (QED) is 0.819. The van der Waals surface area contributed by atoms with Crippen molar-refractivity contribution in [2.24, 2.45) is 0 Å². The average molecular weight is 364 g/mol. The molecule has 2 aliphatic heterocycles. The number of anilines is 1. The van der Waals surface area contributed by atoms with Crippen LogP contribution >= 0.6 is 0 Å². The van der Waals surface area contributed by atoms with Crippen LogP contribution in [0.1, 0.15) is 33.5 Å². The van der Waals surface area contributed by atoms with Crippen molar-refractivity contribution in [1.29, 1.82) is 0 Å². The molecule has 0 spiro atoms. The summed E-state index contributed by atoms with van der Waals surface area (Å²) >= 11 is 0. The van der Waals surface area contributed by atoms with Gasteiger partial charge in [0.05, 0.1) is 0 Å². The van der Waals surface area contributed by atoms with Crippen molar-refractivity contribution in [2.75, 3.05) is 38.1 Å². The van der Waals surface area contributed by atoms with Gasteiger partial charge in [-0.25, -0.2) is 4.98 Å². The van der Waals surface area contributed by atoms with Gasteiger partial charge in [-0.2, -0.15) is 0 Å². The second-order valence-electron chi connectivity index (χ2n) is 7.36. The van der Waals surface area contributed by atoms with Crippen LogP contribution in [0.5, 0.6) is 0 Å². The Morgan fingerprint density at radius 1 is 0.926 bits per heavy atom. The molecule has 1 aromatic carbocycles. The largest absolute Gasteiger partial charge is 0.335 e. The second-order valence-corrected chi connectivity index (χ2v) is 7.36. The van der Waals surface area contributed by atoms with Gasteiger partial charge in [-0.1, -0.05) is 24.3 Å². The van der Waals surface area contributed by atoms with Gasteiger partial charge in [0.15, 0.2) is 0 Å². The van der Waals surface area contributed by atoms with Crippen LogP contribution in [-0.4, -0.2) is 65.9 Å². The zero-order valence-electron chi connectivity index (χ0n) is 15.8. The van der Waals surface area contributed by atoms with E-state index in [4.69, 9.17) is 0 Å². The lowest BCUT2D eigenvalue weighted by molar-refractivity contribution is 0.0658. The van der Waals surface area contributed by atoms with Crippen molar-refractivity contribution in [3.8, 4) is 0 Å². The van der Waals surface area contributed by atoms with E-state index in [2.05, 4.69) is 23.0 Å². The number of fused-ring (bicyclic) bond motifs is 1. The van der Waals surface area contributed by atoms with Crippen LogP contribution in [0.4, 0.5) is 5.69 Å². The first-order chi connectivity index (χ1) is 13.0. The molecule has 2 aromatic rings. The fourth-order valence-electron chi connectivity index (χ4n) is 3.84. The molecule has 2 amide bonds. The van der Waals surface area contributed by atoms with Gasteiger partial charge in [0.25, 0.3) is 11.8 Å². The van der Waals surface area contributed by atoms with Crippen LogP contribution in [0.3, 0.4) is 0 Å². The molecule has 2 aliphatic rings. The minimum atomic E-state index is -0.152. The van der Waals surface area contributed by atoms with Gasteiger partial charge in [-0.3, -0.25) is 9.59 Å². The number of para-hydroxylation sites is 1. The predicted molar refractivity (Wildman–Crippen MR) is 104 cm³/mol. The van der Waals surface area contributed by atoms with E-state index in [0.29, 0.717) is 24.5 Å². The maximum Gasteiger partial charge on any atom is 0.277 e. The summed E-state index contributed by atoms with van der Waals surface area (Å²) in [5.74, 6) is -0.256. The summed E-state index contributed by atoms with van der Waals surface area (Å²) in [6.45, 7) is 5.12. The topological polar surface area (TPSA) is 56.8 Å². The van der Waals surface area contributed by atoms with Crippen molar-refractivity contribution < 1.29 is 9.59 Å². The lowest BCUT2D eigenvalue weighted by Gasteiger charge is -2.32. The maximum absolute atomic E-state index is 13.1. The Labute approximate surface area is 159 Å². The number of likely N-dealkylation sites (N-methyl/N-ethyl adjacent to an activating group) is 1. The highest BCUT2D eigenvalue weighted by molar-refractivity contribution is 6.07. The van der Waals surface area contributed by atoms with Crippen LogP contribution in [-0.2, 0) is 6.42 Å². The van der Waals surface area contributed by atoms with Crippen LogP contribution in [0.25, 0.3) is 0 Å². The van der Waals surface area contributed by atoms with E-state index in [0.717, 1.165) is 25.2 Å². The Bertz CT molecular complexity index is 874. The lowest BCUT2D eigenvalue weighted by atomic mass is 10.1. The minimum absolute atomic E-state index is 0.0775. The van der Waals surface area contributed by atoms with Crippen molar-refractivity contribution in [3.63, 3.8) is 0 Å². The Kier molecular flexibility index (Phi) is 4.66. The van der Waals surface area contributed by atoms with Gasteiger partial charge in [0.2, 0.25) is 0 Å². The van der Waals surface area contributed by atoms with Gasteiger partial charge < -0.3 is 14.7 Å². The maximum atomic E-state index is 13.1. The average Bonchev–Trinajstić information content (AvgIpc) is 3.03. The van der Waals surface area contributed by atoms with Crippen LogP contribution in [0.2, 0.25) is 0 Å². The third kappa shape index (κ3) is 3.32. The molecule has 1 unspecified atom stereocenters. The number of amides is 2. The molecular formula is C21H24N4O2. The zero-order chi connectivity index (χ0) is 19.0. The number of benzene rings is 1.